The van der Waals surface area contributed by atoms with Gasteiger partial charge in [0.25, 0.3) is 0 Å². The van der Waals surface area contributed by atoms with E-state index < -0.39 is 29.3 Å². The molecule has 0 radical (unpaired) electrons. The molecule has 0 amide bonds. The maximum absolute atomic E-state index is 13.1. The third-order valence-electron chi connectivity index (χ3n) is 2.76. The lowest BCUT2D eigenvalue weighted by atomic mass is 9.92. The summed E-state index contributed by atoms with van der Waals surface area (Å²) in [4.78, 5) is 11.9. The number of alkyl halides is 3. The summed E-state index contributed by atoms with van der Waals surface area (Å²) in [6, 6.07) is 3.93. The van der Waals surface area contributed by atoms with Crippen LogP contribution in [0.5, 0.6) is 0 Å². The van der Waals surface area contributed by atoms with Crippen molar-refractivity contribution in [3.05, 3.63) is 35.1 Å². The molecule has 1 atom stereocenters. The molecule has 0 saturated heterocycles. The number of nitrogens with zero attached hydrogens (tertiary/aromatic N) is 1. The fraction of sp³-hybridized carbons (Fsp3) is 0.385. The van der Waals surface area contributed by atoms with E-state index in [2.05, 4.69) is 0 Å². The van der Waals surface area contributed by atoms with E-state index in [1.165, 1.54) is 0 Å². The molecule has 0 heterocycles. The highest BCUT2D eigenvalue weighted by Gasteiger charge is 2.35. The van der Waals surface area contributed by atoms with E-state index in [4.69, 9.17) is 5.26 Å². The summed E-state index contributed by atoms with van der Waals surface area (Å²) in [5.41, 5.74) is -1.69. The second kappa shape index (κ2) is 5.83. The van der Waals surface area contributed by atoms with Crippen LogP contribution >= 0.6 is 0 Å². The smallest absolute Gasteiger partial charge is 0.294 e. The topological polar surface area (TPSA) is 40.9 Å². The molecule has 0 fully saturated rings. The van der Waals surface area contributed by atoms with Crippen molar-refractivity contribution in [2.75, 3.05) is 0 Å². The van der Waals surface area contributed by atoms with E-state index in [-0.39, 0.29) is 12.0 Å². The van der Waals surface area contributed by atoms with Crippen molar-refractivity contribution in [2.45, 2.75) is 25.9 Å². The minimum atomic E-state index is -4.85. The van der Waals surface area contributed by atoms with Crippen molar-refractivity contribution >= 4 is 5.78 Å². The lowest BCUT2D eigenvalue weighted by Crippen LogP contribution is -2.16. The monoisotopic (exact) mass is 273 g/mol. The number of halogens is 4. The average Bonchev–Trinajstić information content (AvgIpc) is 2.34. The Kier molecular flexibility index (Phi) is 4.65. The minimum absolute atomic E-state index is 0.0753. The number of Topliss-reactive ketones (excluding diaryl/α,β-unsaturated/α-hetero) is 1. The molecule has 1 rings (SSSR count). The van der Waals surface area contributed by atoms with Gasteiger partial charge in [0.15, 0.2) is 5.78 Å². The zero-order chi connectivity index (χ0) is 14.6. The van der Waals surface area contributed by atoms with Crippen LogP contribution in [0, 0.1) is 23.1 Å². The molecule has 0 N–H and O–H groups in total. The Labute approximate surface area is 107 Å². The average molecular weight is 273 g/mol. The Bertz CT molecular complexity index is 516. The summed E-state index contributed by atoms with van der Waals surface area (Å²) in [6.07, 6.45) is -4.59. The van der Waals surface area contributed by atoms with Gasteiger partial charge >= 0.3 is 6.18 Å². The van der Waals surface area contributed by atoms with Crippen LogP contribution in [-0.2, 0) is 6.18 Å². The van der Waals surface area contributed by atoms with Gasteiger partial charge in [-0.15, -0.1) is 0 Å². The third-order valence-corrected chi connectivity index (χ3v) is 2.76. The summed E-state index contributed by atoms with van der Waals surface area (Å²) in [7, 11) is 0. The van der Waals surface area contributed by atoms with Crippen LogP contribution in [0.2, 0.25) is 0 Å². The molecule has 0 saturated carbocycles. The second-order valence-corrected chi connectivity index (χ2v) is 4.02. The SMILES string of the molecule is CCC(CC#N)C(=O)c1ccc(F)c(C(F)(F)F)c1. The maximum atomic E-state index is 13.1. The first-order chi connectivity index (χ1) is 8.81. The molecule has 2 nitrogen and oxygen atoms in total. The van der Waals surface area contributed by atoms with Gasteiger partial charge in [-0.2, -0.15) is 18.4 Å². The predicted octanol–water partition coefficient (Wildman–Crippen LogP) is 3.97. The van der Waals surface area contributed by atoms with Gasteiger partial charge < -0.3 is 0 Å². The molecule has 0 aliphatic rings. The molecule has 0 aliphatic heterocycles. The van der Waals surface area contributed by atoms with Crippen molar-refractivity contribution in [1.29, 1.82) is 5.26 Å². The van der Waals surface area contributed by atoms with E-state index in [1.54, 1.807) is 6.92 Å². The standard InChI is InChI=1S/C13H11F4NO/c1-2-8(5-6-18)12(19)9-3-4-11(14)10(7-9)13(15,16)17/h3-4,7-8H,2,5H2,1H3. The molecule has 1 aromatic carbocycles. The summed E-state index contributed by atoms with van der Waals surface area (Å²) >= 11 is 0. The van der Waals surface area contributed by atoms with Crippen molar-refractivity contribution in [1.82, 2.24) is 0 Å². The highest BCUT2D eigenvalue weighted by molar-refractivity contribution is 5.98. The maximum Gasteiger partial charge on any atom is 0.419 e. The van der Waals surface area contributed by atoms with Crippen LogP contribution in [0.15, 0.2) is 18.2 Å². The number of ketones is 1. The number of nitriles is 1. The molecule has 0 bridgehead atoms. The molecular formula is C13H11F4NO. The molecular weight excluding hydrogens is 262 g/mol. The van der Waals surface area contributed by atoms with Crippen LogP contribution in [0.4, 0.5) is 17.6 Å². The van der Waals surface area contributed by atoms with Gasteiger partial charge in [0.2, 0.25) is 0 Å². The van der Waals surface area contributed by atoms with Gasteiger partial charge in [-0.1, -0.05) is 6.92 Å². The highest BCUT2D eigenvalue weighted by atomic mass is 19.4. The van der Waals surface area contributed by atoms with E-state index in [9.17, 15) is 22.4 Å². The molecule has 19 heavy (non-hydrogen) atoms. The Balaban J connectivity index is 3.16. The lowest BCUT2D eigenvalue weighted by Gasteiger charge is -2.13. The molecule has 6 heteroatoms. The summed E-state index contributed by atoms with van der Waals surface area (Å²) in [5, 5.41) is 8.55. The van der Waals surface area contributed by atoms with Gasteiger partial charge in [0.05, 0.1) is 11.6 Å². The fourth-order valence-corrected chi connectivity index (χ4v) is 1.66. The van der Waals surface area contributed by atoms with Crippen LogP contribution in [0.25, 0.3) is 0 Å². The number of hydrogen-bond donors (Lipinski definition) is 0. The van der Waals surface area contributed by atoms with Crippen molar-refractivity contribution < 1.29 is 22.4 Å². The fourth-order valence-electron chi connectivity index (χ4n) is 1.66. The number of benzene rings is 1. The van der Waals surface area contributed by atoms with E-state index >= 15 is 0 Å². The minimum Gasteiger partial charge on any atom is -0.294 e. The summed E-state index contributed by atoms with van der Waals surface area (Å²) < 4.78 is 50.6. The zero-order valence-electron chi connectivity index (χ0n) is 10.1. The van der Waals surface area contributed by atoms with Crippen molar-refractivity contribution in [3.8, 4) is 6.07 Å². The zero-order valence-corrected chi connectivity index (χ0v) is 10.1. The number of rotatable bonds is 4. The summed E-state index contributed by atoms with van der Waals surface area (Å²) in [5.74, 6) is -2.66. The molecule has 1 aromatic rings. The molecule has 102 valence electrons. The summed E-state index contributed by atoms with van der Waals surface area (Å²) in [6.45, 7) is 1.66. The predicted molar refractivity (Wildman–Crippen MR) is 59.7 cm³/mol. The molecule has 1 unspecified atom stereocenters. The van der Waals surface area contributed by atoms with Gasteiger partial charge in [-0.05, 0) is 24.6 Å². The Morgan fingerprint density at radius 3 is 2.53 bits per heavy atom. The number of carbonyl (C=O) groups is 1. The molecule has 0 aromatic heterocycles. The third kappa shape index (κ3) is 3.53. The van der Waals surface area contributed by atoms with Crippen molar-refractivity contribution in [2.24, 2.45) is 5.92 Å². The van der Waals surface area contributed by atoms with Gasteiger partial charge in [-0.25, -0.2) is 4.39 Å². The number of hydrogen-bond acceptors (Lipinski definition) is 2. The quantitative estimate of drug-likeness (QED) is 0.615. The van der Waals surface area contributed by atoms with Crippen LogP contribution < -0.4 is 0 Å². The number of carbonyl (C=O) groups excluding carboxylic acids is 1. The van der Waals surface area contributed by atoms with Crippen LogP contribution in [0.1, 0.15) is 35.7 Å². The lowest BCUT2D eigenvalue weighted by molar-refractivity contribution is -0.140. The largest absolute Gasteiger partial charge is 0.419 e. The first kappa shape index (κ1) is 15.2. The van der Waals surface area contributed by atoms with Crippen LogP contribution in [0.3, 0.4) is 0 Å². The van der Waals surface area contributed by atoms with E-state index in [0.29, 0.717) is 18.6 Å². The van der Waals surface area contributed by atoms with Crippen LogP contribution in [-0.4, -0.2) is 5.78 Å². The Morgan fingerprint density at radius 1 is 1.42 bits per heavy atom. The first-order valence-electron chi connectivity index (χ1n) is 5.59. The molecule has 0 aliphatic carbocycles. The highest BCUT2D eigenvalue weighted by Crippen LogP contribution is 2.32. The van der Waals surface area contributed by atoms with Gasteiger partial charge in [-0.3, -0.25) is 4.79 Å². The Hall–Kier alpha value is -1.90. The van der Waals surface area contributed by atoms with Gasteiger partial charge in [0.1, 0.15) is 5.82 Å². The first-order valence-corrected chi connectivity index (χ1v) is 5.59. The van der Waals surface area contributed by atoms with Gasteiger partial charge in [0, 0.05) is 17.9 Å². The van der Waals surface area contributed by atoms with E-state index in [0.717, 1.165) is 6.07 Å². The van der Waals surface area contributed by atoms with Crippen molar-refractivity contribution in [3.63, 3.8) is 0 Å². The van der Waals surface area contributed by atoms with E-state index in [1.807, 2.05) is 6.07 Å². The normalized spacial score (nSPS) is 12.8. The second-order valence-electron chi connectivity index (χ2n) is 4.02. The molecule has 0 spiro atoms. The Morgan fingerprint density at radius 2 is 2.05 bits per heavy atom.